The molecule has 1 aliphatic rings. The van der Waals surface area contributed by atoms with Gasteiger partial charge in [0.05, 0.1) is 12.5 Å². The van der Waals surface area contributed by atoms with Gasteiger partial charge in [-0.05, 0) is 18.3 Å². The number of aliphatic hydroxyl groups is 2. The Morgan fingerprint density at radius 2 is 2.14 bits per heavy atom. The van der Waals surface area contributed by atoms with Crippen LogP contribution in [0.5, 0.6) is 0 Å². The Labute approximate surface area is 84.5 Å². The van der Waals surface area contributed by atoms with Crippen LogP contribution >= 0.6 is 0 Å². The number of rotatable bonds is 2. The van der Waals surface area contributed by atoms with Gasteiger partial charge in [0.2, 0.25) is 5.91 Å². The Hall–Kier alpha value is -0.610. The average Bonchev–Trinajstić information content (AvgIpc) is 2.24. The molecule has 0 aromatic heterocycles. The van der Waals surface area contributed by atoms with Crippen LogP contribution in [0.25, 0.3) is 0 Å². The van der Waals surface area contributed by atoms with Crippen LogP contribution in [0.15, 0.2) is 0 Å². The van der Waals surface area contributed by atoms with E-state index in [4.69, 9.17) is 10.2 Å². The van der Waals surface area contributed by atoms with Gasteiger partial charge in [-0.2, -0.15) is 0 Å². The Morgan fingerprint density at radius 3 is 2.64 bits per heavy atom. The molecule has 1 atom stereocenters. The first-order chi connectivity index (χ1) is 6.50. The topological polar surface area (TPSA) is 60.8 Å². The molecular weight excluding hydrogens is 182 g/mol. The van der Waals surface area contributed by atoms with Crippen molar-refractivity contribution in [3.8, 4) is 0 Å². The van der Waals surface area contributed by atoms with Gasteiger partial charge in [-0.15, -0.1) is 0 Å². The van der Waals surface area contributed by atoms with E-state index in [0.29, 0.717) is 13.0 Å². The highest BCUT2D eigenvalue weighted by molar-refractivity contribution is 5.79. The molecule has 0 aromatic carbocycles. The Bertz CT molecular complexity index is 215. The summed E-state index contributed by atoms with van der Waals surface area (Å²) in [5, 5.41) is 18.1. The highest BCUT2D eigenvalue weighted by Crippen LogP contribution is 2.33. The molecule has 82 valence electrons. The number of aliphatic hydroxyl groups excluding tert-OH is 2. The summed E-state index contributed by atoms with van der Waals surface area (Å²) in [5.41, 5.74) is 0.0625. The fraction of sp³-hybridized carbons (Fsp3) is 0.900. The number of carbonyl (C=O) groups is 1. The molecule has 1 fully saturated rings. The summed E-state index contributed by atoms with van der Waals surface area (Å²) in [6.45, 7) is 4.39. The van der Waals surface area contributed by atoms with E-state index in [9.17, 15) is 4.79 Å². The molecule has 1 unspecified atom stereocenters. The van der Waals surface area contributed by atoms with E-state index in [2.05, 4.69) is 13.8 Å². The highest BCUT2D eigenvalue weighted by Gasteiger charge is 2.34. The molecule has 1 amide bonds. The molecule has 4 nitrogen and oxygen atoms in total. The number of nitrogens with zero attached hydrogens (tertiary/aromatic N) is 1. The minimum atomic E-state index is -0.348. The van der Waals surface area contributed by atoms with Gasteiger partial charge in [-0.25, -0.2) is 0 Å². The maximum Gasteiger partial charge on any atom is 0.229 e. The first kappa shape index (κ1) is 11.5. The Balaban J connectivity index is 2.78. The number of hydrogen-bond donors (Lipinski definition) is 2. The minimum Gasteiger partial charge on any atom is -0.396 e. The third-order valence-electron chi connectivity index (χ3n) is 2.91. The molecule has 0 aromatic rings. The first-order valence-corrected chi connectivity index (χ1v) is 5.00. The summed E-state index contributed by atoms with van der Waals surface area (Å²) < 4.78 is 0. The molecule has 0 bridgehead atoms. The lowest BCUT2D eigenvalue weighted by molar-refractivity contribution is -0.139. The van der Waals surface area contributed by atoms with Crippen LogP contribution in [0, 0.1) is 11.3 Å². The van der Waals surface area contributed by atoms with Crippen LogP contribution in [0.4, 0.5) is 0 Å². The number of carbonyl (C=O) groups excluding carboxylic acids is 1. The van der Waals surface area contributed by atoms with E-state index in [1.807, 2.05) is 0 Å². The summed E-state index contributed by atoms with van der Waals surface area (Å²) >= 11 is 0. The fourth-order valence-corrected chi connectivity index (χ4v) is 1.95. The number of hydrogen-bond acceptors (Lipinski definition) is 3. The number of likely N-dealkylation sites (tertiary alicyclic amines) is 1. The lowest BCUT2D eigenvalue weighted by atomic mass is 9.81. The van der Waals surface area contributed by atoms with Crippen molar-refractivity contribution in [2.45, 2.75) is 26.7 Å². The van der Waals surface area contributed by atoms with Crippen molar-refractivity contribution < 1.29 is 15.0 Å². The summed E-state index contributed by atoms with van der Waals surface area (Å²) in [6.07, 6.45) is 1.56. The van der Waals surface area contributed by atoms with Gasteiger partial charge in [-0.1, -0.05) is 13.8 Å². The second-order valence-electron chi connectivity index (χ2n) is 4.74. The fourth-order valence-electron chi connectivity index (χ4n) is 1.95. The van der Waals surface area contributed by atoms with E-state index in [1.165, 1.54) is 4.90 Å². The van der Waals surface area contributed by atoms with Crippen LogP contribution in [0.1, 0.15) is 26.7 Å². The highest BCUT2D eigenvalue weighted by atomic mass is 16.3. The van der Waals surface area contributed by atoms with Gasteiger partial charge in [0.15, 0.2) is 0 Å². The predicted octanol–water partition coefficient (Wildman–Crippen LogP) is 0.193. The average molecular weight is 201 g/mol. The van der Waals surface area contributed by atoms with Crippen molar-refractivity contribution in [3.05, 3.63) is 0 Å². The van der Waals surface area contributed by atoms with Gasteiger partial charge in [-0.3, -0.25) is 4.79 Å². The molecule has 0 aliphatic carbocycles. The molecule has 1 aliphatic heterocycles. The Kier molecular flexibility index (Phi) is 3.50. The second-order valence-corrected chi connectivity index (χ2v) is 4.74. The number of amides is 1. The molecule has 14 heavy (non-hydrogen) atoms. The third-order valence-corrected chi connectivity index (χ3v) is 2.91. The standard InChI is InChI=1S/C10H19NO3/c1-10(2)3-4-11(7-13)9(14)8(5-10)6-12/h8,12-13H,3-7H2,1-2H3. The zero-order valence-electron chi connectivity index (χ0n) is 8.86. The normalized spacial score (nSPS) is 27.6. The van der Waals surface area contributed by atoms with E-state index >= 15 is 0 Å². The molecule has 0 spiro atoms. The van der Waals surface area contributed by atoms with Crippen molar-refractivity contribution in [1.82, 2.24) is 4.90 Å². The van der Waals surface area contributed by atoms with Gasteiger partial charge in [0.25, 0.3) is 0 Å². The van der Waals surface area contributed by atoms with Crippen LogP contribution in [0.2, 0.25) is 0 Å². The van der Waals surface area contributed by atoms with Gasteiger partial charge >= 0.3 is 0 Å². The largest absolute Gasteiger partial charge is 0.396 e. The van der Waals surface area contributed by atoms with Crippen molar-refractivity contribution in [2.75, 3.05) is 19.9 Å². The summed E-state index contributed by atoms with van der Waals surface area (Å²) in [7, 11) is 0. The summed E-state index contributed by atoms with van der Waals surface area (Å²) in [4.78, 5) is 13.1. The summed E-state index contributed by atoms with van der Waals surface area (Å²) in [5.74, 6) is -0.472. The molecular formula is C10H19NO3. The van der Waals surface area contributed by atoms with E-state index in [1.54, 1.807) is 0 Å². The molecule has 1 saturated heterocycles. The molecule has 2 N–H and O–H groups in total. The van der Waals surface area contributed by atoms with E-state index in [0.717, 1.165) is 6.42 Å². The maximum atomic E-state index is 11.7. The van der Waals surface area contributed by atoms with Crippen molar-refractivity contribution in [3.63, 3.8) is 0 Å². The molecule has 1 heterocycles. The van der Waals surface area contributed by atoms with Gasteiger partial charge in [0.1, 0.15) is 6.73 Å². The van der Waals surface area contributed by atoms with E-state index in [-0.39, 0.29) is 30.6 Å². The van der Waals surface area contributed by atoms with Crippen LogP contribution < -0.4 is 0 Å². The molecule has 0 radical (unpaired) electrons. The van der Waals surface area contributed by atoms with Crippen LogP contribution in [-0.4, -0.2) is 40.9 Å². The van der Waals surface area contributed by atoms with Crippen molar-refractivity contribution >= 4 is 5.91 Å². The van der Waals surface area contributed by atoms with Crippen molar-refractivity contribution in [1.29, 1.82) is 0 Å². The Morgan fingerprint density at radius 1 is 1.50 bits per heavy atom. The third kappa shape index (κ3) is 2.45. The lowest BCUT2D eigenvalue weighted by Crippen LogP contribution is -2.36. The zero-order chi connectivity index (χ0) is 10.8. The lowest BCUT2D eigenvalue weighted by Gasteiger charge is -2.23. The minimum absolute atomic E-state index is 0.0625. The second kappa shape index (κ2) is 4.28. The van der Waals surface area contributed by atoms with Crippen LogP contribution in [0.3, 0.4) is 0 Å². The summed E-state index contributed by atoms with van der Waals surface area (Å²) in [6, 6.07) is 0. The van der Waals surface area contributed by atoms with Gasteiger partial charge < -0.3 is 15.1 Å². The SMILES string of the molecule is CC1(C)CCN(CO)C(=O)C(CO)C1. The molecule has 0 saturated carbocycles. The van der Waals surface area contributed by atoms with Gasteiger partial charge in [0, 0.05) is 6.54 Å². The van der Waals surface area contributed by atoms with Crippen LogP contribution in [-0.2, 0) is 4.79 Å². The molecule has 4 heteroatoms. The molecule has 1 rings (SSSR count). The van der Waals surface area contributed by atoms with Crippen molar-refractivity contribution in [2.24, 2.45) is 11.3 Å². The quantitative estimate of drug-likeness (QED) is 0.670. The first-order valence-electron chi connectivity index (χ1n) is 5.00. The monoisotopic (exact) mass is 201 g/mol. The smallest absolute Gasteiger partial charge is 0.229 e. The predicted molar refractivity (Wildman–Crippen MR) is 52.4 cm³/mol. The maximum absolute atomic E-state index is 11.7. The van der Waals surface area contributed by atoms with E-state index < -0.39 is 0 Å². The zero-order valence-corrected chi connectivity index (χ0v) is 8.86.